The number of anilines is 2. The predicted molar refractivity (Wildman–Crippen MR) is 85.2 cm³/mol. The van der Waals surface area contributed by atoms with Gasteiger partial charge in [0.2, 0.25) is 0 Å². The Hall–Kier alpha value is -1.59. The van der Waals surface area contributed by atoms with Crippen molar-refractivity contribution in [2.24, 2.45) is 0 Å². The lowest BCUT2D eigenvalue weighted by Crippen LogP contribution is -2.45. The van der Waals surface area contributed by atoms with Gasteiger partial charge < -0.3 is 10.6 Å². The lowest BCUT2D eigenvalue weighted by atomic mass is 10.2. The highest BCUT2D eigenvalue weighted by molar-refractivity contribution is 7.09. The highest BCUT2D eigenvalue weighted by Crippen LogP contribution is 2.20. The van der Waals surface area contributed by atoms with Crippen molar-refractivity contribution >= 4 is 22.7 Å². The first-order valence-corrected chi connectivity index (χ1v) is 7.82. The molecule has 20 heavy (non-hydrogen) atoms. The quantitative estimate of drug-likeness (QED) is 0.881. The zero-order chi connectivity index (χ0) is 13.9. The molecular formula is C15H20N4S. The molecule has 0 unspecified atom stereocenters. The summed E-state index contributed by atoms with van der Waals surface area (Å²) in [4.78, 5) is 9.42. The van der Waals surface area contributed by atoms with Gasteiger partial charge in [-0.3, -0.25) is 4.90 Å². The Morgan fingerprint density at radius 1 is 1.25 bits per heavy atom. The number of benzene rings is 1. The minimum absolute atomic E-state index is 0.836. The number of rotatable bonds is 3. The average Bonchev–Trinajstić information content (AvgIpc) is 2.85. The van der Waals surface area contributed by atoms with Gasteiger partial charge in [-0.1, -0.05) is 6.07 Å². The molecule has 1 aromatic heterocycles. The molecule has 4 nitrogen and oxygen atoms in total. The van der Waals surface area contributed by atoms with Gasteiger partial charge in [0, 0.05) is 48.6 Å². The second-order valence-corrected chi connectivity index (χ2v) is 6.18. The number of nitrogens with zero attached hydrogens (tertiary/aromatic N) is 3. The summed E-state index contributed by atoms with van der Waals surface area (Å²) in [5.74, 6) is 0. The molecule has 0 radical (unpaired) electrons. The molecule has 1 aromatic carbocycles. The van der Waals surface area contributed by atoms with Crippen LogP contribution >= 0.6 is 11.3 Å². The first-order valence-electron chi connectivity index (χ1n) is 6.94. The first kappa shape index (κ1) is 13.4. The van der Waals surface area contributed by atoms with Crippen molar-refractivity contribution in [1.82, 2.24) is 9.88 Å². The van der Waals surface area contributed by atoms with E-state index in [1.54, 1.807) is 11.3 Å². The van der Waals surface area contributed by atoms with Crippen molar-refractivity contribution in [2.75, 3.05) is 36.8 Å². The Morgan fingerprint density at radius 2 is 2.05 bits per heavy atom. The fourth-order valence-electron chi connectivity index (χ4n) is 2.55. The molecule has 1 saturated heterocycles. The van der Waals surface area contributed by atoms with Crippen LogP contribution in [0.5, 0.6) is 0 Å². The standard InChI is InChI=1S/C15H20N4S/c1-12-11-20-15(17-12)10-18-5-7-19(8-6-18)14-4-2-3-13(16)9-14/h2-4,9,11H,5-8,10,16H2,1H3. The maximum absolute atomic E-state index is 5.85. The van der Waals surface area contributed by atoms with Crippen LogP contribution in [0, 0.1) is 6.92 Å². The van der Waals surface area contributed by atoms with E-state index in [0.29, 0.717) is 0 Å². The summed E-state index contributed by atoms with van der Waals surface area (Å²) in [6.45, 7) is 7.28. The summed E-state index contributed by atoms with van der Waals surface area (Å²) < 4.78 is 0. The first-order chi connectivity index (χ1) is 9.70. The number of aryl methyl sites for hydroxylation is 1. The van der Waals surface area contributed by atoms with Crippen LogP contribution in [0.25, 0.3) is 0 Å². The molecule has 2 aromatic rings. The number of nitrogen functional groups attached to an aromatic ring is 1. The molecule has 2 heterocycles. The summed E-state index contributed by atoms with van der Waals surface area (Å²) in [6, 6.07) is 8.15. The van der Waals surface area contributed by atoms with Crippen LogP contribution in [0.2, 0.25) is 0 Å². The zero-order valence-electron chi connectivity index (χ0n) is 11.7. The predicted octanol–water partition coefficient (Wildman–Crippen LogP) is 2.36. The van der Waals surface area contributed by atoms with E-state index in [9.17, 15) is 0 Å². The SMILES string of the molecule is Cc1csc(CN2CCN(c3cccc(N)c3)CC2)n1. The molecular weight excluding hydrogens is 268 g/mol. The minimum atomic E-state index is 0.836. The van der Waals surface area contributed by atoms with Crippen LogP contribution in [0.1, 0.15) is 10.7 Å². The van der Waals surface area contributed by atoms with E-state index in [4.69, 9.17) is 5.73 Å². The van der Waals surface area contributed by atoms with E-state index in [1.807, 2.05) is 12.1 Å². The fourth-order valence-corrected chi connectivity index (χ4v) is 3.37. The van der Waals surface area contributed by atoms with Gasteiger partial charge in [0.1, 0.15) is 5.01 Å². The summed E-state index contributed by atoms with van der Waals surface area (Å²) in [7, 11) is 0. The summed E-state index contributed by atoms with van der Waals surface area (Å²) in [5.41, 5.74) is 9.05. The number of aromatic nitrogens is 1. The zero-order valence-corrected chi connectivity index (χ0v) is 12.6. The van der Waals surface area contributed by atoms with Crippen LogP contribution in [-0.4, -0.2) is 36.1 Å². The second-order valence-electron chi connectivity index (χ2n) is 5.24. The van der Waals surface area contributed by atoms with Gasteiger partial charge in [-0.25, -0.2) is 4.98 Å². The molecule has 0 spiro atoms. The monoisotopic (exact) mass is 288 g/mol. The third kappa shape index (κ3) is 3.11. The van der Waals surface area contributed by atoms with E-state index >= 15 is 0 Å². The van der Waals surface area contributed by atoms with E-state index in [2.05, 4.69) is 39.2 Å². The normalized spacial score (nSPS) is 16.6. The molecule has 5 heteroatoms. The molecule has 1 fully saturated rings. The van der Waals surface area contributed by atoms with Crippen LogP contribution in [0.4, 0.5) is 11.4 Å². The fraction of sp³-hybridized carbons (Fsp3) is 0.400. The highest BCUT2D eigenvalue weighted by Gasteiger charge is 2.18. The maximum atomic E-state index is 5.85. The van der Waals surface area contributed by atoms with Gasteiger partial charge in [0.15, 0.2) is 0 Å². The number of hydrogen-bond acceptors (Lipinski definition) is 5. The van der Waals surface area contributed by atoms with E-state index < -0.39 is 0 Å². The van der Waals surface area contributed by atoms with E-state index in [0.717, 1.165) is 44.1 Å². The van der Waals surface area contributed by atoms with Gasteiger partial charge in [0.25, 0.3) is 0 Å². The molecule has 0 saturated carbocycles. The molecule has 0 amide bonds. The van der Waals surface area contributed by atoms with Gasteiger partial charge in [-0.15, -0.1) is 11.3 Å². The molecule has 0 atom stereocenters. The van der Waals surface area contributed by atoms with Gasteiger partial charge >= 0.3 is 0 Å². The number of hydrogen-bond donors (Lipinski definition) is 1. The second kappa shape index (κ2) is 5.81. The van der Waals surface area contributed by atoms with Crippen molar-refractivity contribution in [1.29, 1.82) is 0 Å². The van der Waals surface area contributed by atoms with Crippen LogP contribution in [0.3, 0.4) is 0 Å². The van der Waals surface area contributed by atoms with Crippen LogP contribution < -0.4 is 10.6 Å². The lowest BCUT2D eigenvalue weighted by Gasteiger charge is -2.35. The number of thiazole rings is 1. The third-order valence-electron chi connectivity index (χ3n) is 3.63. The van der Waals surface area contributed by atoms with Crippen LogP contribution in [0.15, 0.2) is 29.6 Å². The number of nitrogens with two attached hydrogens (primary N) is 1. The Bertz CT molecular complexity index is 573. The van der Waals surface area contributed by atoms with Crippen molar-refractivity contribution in [3.05, 3.63) is 40.3 Å². The van der Waals surface area contributed by atoms with Gasteiger partial charge in [0.05, 0.1) is 6.54 Å². The maximum Gasteiger partial charge on any atom is 0.107 e. The van der Waals surface area contributed by atoms with Crippen molar-refractivity contribution in [3.63, 3.8) is 0 Å². The smallest absolute Gasteiger partial charge is 0.107 e. The molecule has 1 aliphatic rings. The highest BCUT2D eigenvalue weighted by atomic mass is 32.1. The molecule has 3 rings (SSSR count). The molecule has 2 N–H and O–H groups in total. The van der Waals surface area contributed by atoms with Crippen molar-refractivity contribution < 1.29 is 0 Å². The third-order valence-corrected chi connectivity index (χ3v) is 4.58. The molecule has 0 aliphatic carbocycles. The summed E-state index contributed by atoms with van der Waals surface area (Å²) in [6.07, 6.45) is 0. The van der Waals surface area contributed by atoms with Gasteiger partial charge in [-0.05, 0) is 25.1 Å². The van der Waals surface area contributed by atoms with Crippen molar-refractivity contribution in [2.45, 2.75) is 13.5 Å². The average molecular weight is 288 g/mol. The lowest BCUT2D eigenvalue weighted by molar-refractivity contribution is 0.249. The van der Waals surface area contributed by atoms with Crippen LogP contribution in [-0.2, 0) is 6.54 Å². The van der Waals surface area contributed by atoms with E-state index in [-0.39, 0.29) is 0 Å². The molecule has 106 valence electrons. The molecule has 0 bridgehead atoms. The Morgan fingerprint density at radius 3 is 2.70 bits per heavy atom. The minimum Gasteiger partial charge on any atom is -0.399 e. The topological polar surface area (TPSA) is 45.4 Å². The Kier molecular flexibility index (Phi) is 3.89. The number of piperazine rings is 1. The Balaban J connectivity index is 1.57. The van der Waals surface area contributed by atoms with E-state index in [1.165, 1.54) is 10.7 Å². The largest absolute Gasteiger partial charge is 0.399 e. The Labute approximate surface area is 123 Å². The summed E-state index contributed by atoms with van der Waals surface area (Å²) in [5, 5.41) is 3.35. The summed E-state index contributed by atoms with van der Waals surface area (Å²) >= 11 is 1.76. The van der Waals surface area contributed by atoms with Gasteiger partial charge in [-0.2, -0.15) is 0 Å². The molecule has 1 aliphatic heterocycles. The van der Waals surface area contributed by atoms with Crippen molar-refractivity contribution in [3.8, 4) is 0 Å².